The van der Waals surface area contributed by atoms with Gasteiger partial charge >= 0.3 is 0 Å². The van der Waals surface area contributed by atoms with Crippen molar-refractivity contribution in [3.05, 3.63) is 0 Å². The fraction of sp³-hybridized carbons (Fsp3) is 0.929. The first kappa shape index (κ1) is 19.3. The Balaban J connectivity index is 3.76. The highest BCUT2D eigenvalue weighted by atomic mass is 16.5. The number of nitrogens with one attached hydrogen (secondary N) is 2. The molecule has 0 fully saturated rings. The molecule has 3 N–H and O–H groups in total. The van der Waals surface area contributed by atoms with Crippen LogP contribution in [0, 0.1) is 5.92 Å². The molecule has 0 aromatic rings. The molecule has 0 aliphatic heterocycles. The number of hydrogen-bond donors (Lipinski definition) is 3. The number of aliphatic hydroxyl groups excluding tert-OH is 1. The molecule has 0 bridgehead atoms. The van der Waals surface area contributed by atoms with Crippen molar-refractivity contribution >= 4 is 5.91 Å². The summed E-state index contributed by atoms with van der Waals surface area (Å²) >= 11 is 0. The maximum Gasteiger partial charge on any atom is 0.236 e. The van der Waals surface area contributed by atoms with Gasteiger partial charge in [0.2, 0.25) is 5.91 Å². The monoisotopic (exact) mass is 290 g/mol. The highest BCUT2D eigenvalue weighted by Gasteiger charge is 2.14. The van der Waals surface area contributed by atoms with E-state index in [-0.39, 0.29) is 24.7 Å². The van der Waals surface area contributed by atoms with Gasteiger partial charge in [-0.15, -0.1) is 0 Å². The molecule has 0 saturated heterocycles. The lowest BCUT2D eigenvalue weighted by Gasteiger charge is -2.19. The van der Waals surface area contributed by atoms with Gasteiger partial charge in [-0.25, -0.2) is 0 Å². The minimum absolute atomic E-state index is 0.0542. The summed E-state index contributed by atoms with van der Waals surface area (Å²) in [5.41, 5.74) is 0. The van der Waals surface area contributed by atoms with Gasteiger partial charge in [-0.1, -0.05) is 13.8 Å². The lowest BCUT2D eigenvalue weighted by Crippen LogP contribution is -2.46. The molecule has 3 unspecified atom stereocenters. The summed E-state index contributed by atoms with van der Waals surface area (Å²) in [5.74, 6) is 0.368. The Bertz CT molecular complexity index is 262. The molecule has 1 amide bonds. The number of amides is 1. The standard InChI is InChI=1S/C14H30N2O4/c1-10(2)6-16-14(18)12(4)15-7-13(17)9-20-11(3)8-19-5/h10-13,15,17H,6-9H2,1-5H3,(H,16,18). The molecule has 0 aliphatic carbocycles. The third kappa shape index (κ3) is 10.1. The van der Waals surface area contributed by atoms with E-state index in [1.807, 2.05) is 20.8 Å². The molecule has 0 spiro atoms. The van der Waals surface area contributed by atoms with Crippen LogP contribution in [0.5, 0.6) is 0 Å². The first-order valence-corrected chi connectivity index (χ1v) is 7.16. The summed E-state index contributed by atoms with van der Waals surface area (Å²) in [7, 11) is 1.61. The third-order valence-electron chi connectivity index (χ3n) is 2.71. The number of carbonyl (C=O) groups is 1. The van der Waals surface area contributed by atoms with Crippen LogP contribution in [-0.2, 0) is 14.3 Å². The Labute approximate surface area is 122 Å². The van der Waals surface area contributed by atoms with Crippen molar-refractivity contribution in [2.24, 2.45) is 5.92 Å². The van der Waals surface area contributed by atoms with E-state index < -0.39 is 6.10 Å². The Morgan fingerprint density at radius 3 is 2.35 bits per heavy atom. The largest absolute Gasteiger partial charge is 0.389 e. The van der Waals surface area contributed by atoms with Crippen molar-refractivity contribution in [3.63, 3.8) is 0 Å². The maximum atomic E-state index is 11.7. The Kier molecular flexibility index (Phi) is 10.6. The van der Waals surface area contributed by atoms with Crippen LogP contribution in [0.25, 0.3) is 0 Å². The zero-order chi connectivity index (χ0) is 15.5. The normalized spacial score (nSPS) is 15.9. The molecule has 3 atom stereocenters. The average Bonchev–Trinajstić information content (AvgIpc) is 2.39. The second-order valence-electron chi connectivity index (χ2n) is 5.52. The second-order valence-corrected chi connectivity index (χ2v) is 5.52. The van der Waals surface area contributed by atoms with Crippen molar-refractivity contribution in [1.29, 1.82) is 0 Å². The van der Waals surface area contributed by atoms with Crippen LogP contribution in [0.4, 0.5) is 0 Å². The molecule has 0 saturated carbocycles. The summed E-state index contributed by atoms with van der Waals surface area (Å²) < 4.78 is 10.3. The summed E-state index contributed by atoms with van der Waals surface area (Å²) in [4.78, 5) is 11.7. The molecule has 0 rings (SSSR count). The number of rotatable bonds is 11. The van der Waals surface area contributed by atoms with Gasteiger partial charge in [0.05, 0.1) is 31.5 Å². The van der Waals surface area contributed by atoms with E-state index in [2.05, 4.69) is 10.6 Å². The van der Waals surface area contributed by atoms with E-state index >= 15 is 0 Å². The number of methoxy groups -OCH3 is 1. The fourth-order valence-electron chi connectivity index (χ4n) is 1.48. The second kappa shape index (κ2) is 11.0. The lowest BCUT2D eigenvalue weighted by molar-refractivity contribution is -0.123. The molecule has 0 aromatic heterocycles. The molecule has 20 heavy (non-hydrogen) atoms. The Morgan fingerprint density at radius 2 is 1.80 bits per heavy atom. The molecular weight excluding hydrogens is 260 g/mol. The van der Waals surface area contributed by atoms with Crippen LogP contribution in [0.2, 0.25) is 0 Å². The van der Waals surface area contributed by atoms with Gasteiger partial charge in [0.15, 0.2) is 0 Å². The van der Waals surface area contributed by atoms with E-state index in [4.69, 9.17) is 9.47 Å². The topological polar surface area (TPSA) is 79.8 Å². The van der Waals surface area contributed by atoms with E-state index in [9.17, 15) is 9.90 Å². The Morgan fingerprint density at radius 1 is 1.15 bits per heavy atom. The predicted octanol–water partition coefficient (Wildman–Crippen LogP) is 0.149. The van der Waals surface area contributed by atoms with Crippen molar-refractivity contribution < 1.29 is 19.4 Å². The molecule has 0 radical (unpaired) electrons. The predicted molar refractivity (Wildman–Crippen MR) is 78.6 cm³/mol. The molecule has 0 aromatic carbocycles. The van der Waals surface area contributed by atoms with Gasteiger partial charge in [0.25, 0.3) is 0 Å². The average molecular weight is 290 g/mol. The first-order valence-electron chi connectivity index (χ1n) is 7.16. The highest BCUT2D eigenvalue weighted by molar-refractivity contribution is 5.81. The van der Waals surface area contributed by atoms with E-state index in [0.717, 1.165) is 0 Å². The smallest absolute Gasteiger partial charge is 0.236 e. The van der Waals surface area contributed by atoms with Crippen LogP contribution in [0.3, 0.4) is 0 Å². The van der Waals surface area contributed by atoms with Crippen molar-refractivity contribution in [3.8, 4) is 0 Å². The maximum absolute atomic E-state index is 11.7. The van der Waals surface area contributed by atoms with Crippen LogP contribution >= 0.6 is 0 Å². The summed E-state index contributed by atoms with van der Waals surface area (Å²) in [6.07, 6.45) is -0.698. The summed E-state index contributed by atoms with van der Waals surface area (Å²) in [6, 6.07) is -0.334. The van der Waals surface area contributed by atoms with Gasteiger partial charge in [-0.3, -0.25) is 4.79 Å². The molecule has 6 heteroatoms. The molecular formula is C14H30N2O4. The van der Waals surface area contributed by atoms with E-state index in [0.29, 0.717) is 25.6 Å². The zero-order valence-corrected chi connectivity index (χ0v) is 13.3. The van der Waals surface area contributed by atoms with E-state index in [1.165, 1.54) is 0 Å². The van der Waals surface area contributed by atoms with Crippen LogP contribution in [-0.4, -0.2) is 62.7 Å². The third-order valence-corrected chi connectivity index (χ3v) is 2.71. The highest BCUT2D eigenvalue weighted by Crippen LogP contribution is 1.94. The lowest BCUT2D eigenvalue weighted by atomic mass is 10.2. The minimum atomic E-state index is -0.644. The van der Waals surface area contributed by atoms with Crippen molar-refractivity contribution in [2.75, 3.05) is 33.4 Å². The number of carbonyl (C=O) groups excluding carboxylic acids is 1. The van der Waals surface area contributed by atoms with Crippen molar-refractivity contribution in [1.82, 2.24) is 10.6 Å². The quantitative estimate of drug-likeness (QED) is 0.505. The van der Waals surface area contributed by atoms with Gasteiger partial charge in [-0.2, -0.15) is 0 Å². The van der Waals surface area contributed by atoms with Gasteiger partial charge in [-0.05, 0) is 19.8 Å². The molecule has 0 heterocycles. The zero-order valence-electron chi connectivity index (χ0n) is 13.3. The summed E-state index contributed by atoms with van der Waals surface area (Å²) in [5, 5.41) is 15.6. The van der Waals surface area contributed by atoms with Gasteiger partial charge < -0.3 is 25.2 Å². The first-order chi connectivity index (χ1) is 9.36. The summed E-state index contributed by atoms with van der Waals surface area (Å²) in [6.45, 7) is 9.43. The molecule has 120 valence electrons. The number of aliphatic hydroxyl groups is 1. The van der Waals surface area contributed by atoms with E-state index in [1.54, 1.807) is 14.0 Å². The van der Waals surface area contributed by atoms with Crippen LogP contribution in [0.1, 0.15) is 27.7 Å². The van der Waals surface area contributed by atoms with Gasteiger partial charge in [0.1, 0.15) is 0 Å². The number of hydrogen-bond acceptors (Lipinski definition) is 5. The minimum Gasteiger partial charge on any atom is -0.389 e. The van der Waals surface area contributed by atoms with Crippen LogP contribution in [0.15, 0.2) is 0 Å². The van der Waals surface area contributed by atoms with Crippen molar-refractivity contribution in [2.45, 2.75) is 45.9 Å². The number of ether oxygens (including phenoxy) is 2. The van der Waals surface area contributed by atoms with Gasteiger partial charge in [0, 0.05) is 20.2 Å². The van der Waals surface area contributed by atoms with Crippen LogP contribution < -0.4 is 10.6 Å². The molecule has 6 nitrogen and oxygen atoms in total. The SMILES string of the molecule is COCC(C)OCC(O)CNC(C)C(=O)NCC(C)C. The Hall–Kier alpha value is -0.690. The molecule has 0 aliphatic rings. The fourth-order valence-corrected chi connectivity index (χ4v) is 1.48.